The van der Waals surface area contributed by atoms with E-state index in [9.17, 15) is 0 Å². The number of rotatable bonds is 3. The number of nitrogens with zero attached hydrogens (tertiary/aromatic N) is 4. The first kappa shape index (κ1) is 11.4. The molecule has 0 aromatic carbocycles. The first-order valence-corrected chi connectivity index (χ1v) is 7.59. The molecule has 4 heterocycles. The third-order valence-electron chi connectivity index (χ3n) is 4.22. The van der Waals surface area contributed by atoms with Gasteiger partial charge >= 0.3 is 0 Å². The van der Waals surface area contributed by atoms with Crippen molar-refractivity contribution in [3.8, 4) is 0 Å². The van der Waals surface area contributed by atoms with E-state index in [1.54, 1.807) is 17.6 Å². The molecule has 19 heavy (non-hydrogen) atoms. The fourth-order valence-corrected chi connectivity index (χ4v) is 4.05. The standard InChI is InChI=1S/C13H16N4OS/c1-2-10(18-7-1)8-16-5-3-12-11(16)4-6-17(12)13-15-14-9-19-13/h1-2,7,9,11-12H,3-6,8H2/t11-,12+/m1/s1. The van der Waals surface area contributed by atoms with Crippen LogP contribution in [0.2, 0.25) is 0 Å². The van der Waals surface area contributed by atoms with Gasteiger partial charge in [0.15, 0.2) is 0 Å². The molecule has 6 heteroatoms. The van der Waals surface area contributed by atoms with Gasteiger partial charge < -0.3 is 9.32 Å². The zero-order valence-corrected chi connectivity index (χ0v) is 11.4. The van der Waals surface area contributed by atoms with Gasteiger partial charge in [0.25, 0.3) is 0 Å². The topological polar surface area (TPSA) is 45.4 Å². The lowest BCUT2D eigenvalue weighted by molar-refractivity contribution is 0.226. The summed E-state index contributed by atoms with van der Waals surface area (Å²) in [4.78, 5) is 4.98. The van der Waals surface area contributed by atoms with E-state index < -0.39 is 0 Å². The molecule has 0 saturated carbocycles. The molecular formula is C13H16N4OS. The highest BCUT2D eigenvalue weighted by Gasteiger charge is 2.43. The van der Waals surface area contributed by atoms with Gasteiger partial charge in [0.2, 0.25) is 5.13 Å². The average Bonchev–Trinajstić information content (AvgIpc) is 3.15. The summed E-state index contributed by atoms with van der Waals surface area (Å²) in [5.41, 5.74) is 1.82. The van der Waals surface area contributed by atoms with E-state index in [0.717, 1.165) is 30.5 Å². The van der Waals surface area contributed by atoms with E-state index in [-0.39, 0.29) is 0 Å². The van der Waals surface area contributed by atoms with Crippen LogP contribution in [0.5, 0.6) is 0 Å². The fraction of sp³-hybridized carbons (Fsp3) is 0.538. The van der Waals surface area contributed by atoms with Gasteiger partial charge in [-0.25, -0.2) is 0 Å². The number of anilines is 1. The molecule has 2 aliphatic rings. The molecule has 2 aliphatic heterocycles. The fourth-order valence-electron chi connectivity index (χ4n) is 3.40. The van der Waals surface area contributed by atoms with Crippen LogP contribution in [0.3, 0.4) is 0 Å². The Morgan fingerprint density at radius 2 is 2.26 bits per heavy atom. The summed E-state index contributed by atoms with van der Waals surface area (Å²) in [5.74, 6) is 1.06. The zero-order chi connectivity index (χ0) is 12.7. The Balaban J connectivity index is 1.49. The number of hydrogen-bond donors (Lipinski definition) is 0. The highest BCUT2D eigenvalue weighted by Crippen LogP contribution is 2.36. The van der Waals surface area contributed by atoms with Crippen molar-refractivity contribution in [1.29, 1.82) is 0 Å². The maximum atomic E-state index is 5.47. The molecule has 2 aromatic heterocycles. The van der Waals surface area contributed by atoms with Crippen molar-refractivity contribution in [3.05, 3.63) is 29.7 Å². The maximum absolute atomic E-state index is 5.47. The highest BCUT2D eigenvalue weighted by molar-refractivity contribution is 7.13. The van der Waals surface area contributed by atoms with Crippen molar-refractivity contribution in [2.75, 3.05) is 18.0 Å². The Kier molecular flexibility index (Phi) is 2.77. The summed E-state index contributed by atoms with van der Waals surface area (Å²) in [6.45, 7) is 3.17. The van der Waals surface area contributed by atoms with E-state index in [1.807, 2.05) is 11.6 Å². The molecule has 0 amide bonds. The Labute approximate surface area is 115 Å². The minimum absolute atomic E-state index is 0.600. The van der Waals surface area contributed by atoms with Gasteiger partial charge in [-0.15, -0.1) is 10.2 Å². The summed E-state index contributed by atoms with van der Waals surface area (Å²) in [5, 5.41) is 9.25. The molecule has 2 fully saturated rings. The molecule has 2 aromatic rings. The van der Waals surface area contributed by atoms with Crippen molar-refractivity contribution in [2.45, 2.75) is 31.5 Å². The minimum atomic E-state index is 0.600. The van der Waals surface area contributed by atoms with Crippen LogP contribution in [-0.2, 0) is 6.54 Å². The van der Waals surface area contributed by atoms with Crippen LogP contribution < -0.4 is 4.90 Å². The zero-order valence-electron chi connectivity index (χ0n) is 10.6. The third-order valence-corrected chi connectivity index (χ3v) is 4.95. The second-order valence-corrected chi connectivity index (χ2v) is 5.99. The van der Waals surface area contributed by atoms with Crippen molar-refractivity contribution < 1.29 is 4.42 Å². The molecule has 0 radical (unpaired) electrons. The Hall–Kier alpha value is -1.40. The van der Waals surface area contributed by atoms with E-state index in [0.29, 0.717) is 12.1 Å². The molecule has 2 saturated heterocycles. The molecule has 4 rings (SSSR count). The largest absolute Gasteiger partial charge is 0.468 e. The molecule has 2 atom stereocenters. The smallest absolute Gasteiger partial charge is 0.208 e. The van der Waals surface area contributed by atoms with Crippen molar-refractivity contribution in [2.24, 2.45) is 0 Å². The van der Waals surface area contributed by atoms with Gasteiger partial charge in [-0.2, -0.15) is 0 Å². The van der Waals surface area contributed by atoms with Gasteiger partial charge in [0, 0.05) is 25.2 Å². The van der Waals surface area contributed by atoms with Gasteiger partial charge in [-0.05, 0) is 25.0 Å². The monoisotopic (exact) mass is 276 g/mol. The van der Waals surface area contributed by atoms with Crippen LogP contribution in [0, 0.1) is 0 Å². The van der Waals surface area contributed by atoms with Crippen LogP contribution in [0.25, 0.3) is 0 Å². The van der Waals surface area contributed by atoms with Crippen molar-refractivity contribution in [3.63, 3.8) is 0 Å². The molecular weight excluding hydrogens is 260 g/mol. The number of aromatic nitrogens is 2. The molecule has 0 N–H and O–H groups in total. The molecule has 100 valence electrons. The second kappa shape index (κ2) is 4.61. The minimum Gasteiger partial charge on any atom is -0.468 e. The van der Waals surface area contributed by atoms with E-state index in [2.05, 4.69) is 26.1 Å². The van der Waals surface area contributed by atoms with Crippen LogP contribution in [0.15, 0.2) is 28.3 Å². The predicted molar refractivity (Wildman–Crippen MR) is 73.2 cm³/mol. The number of fused-ring (bicyclic) bond motifs is 1. The number of furan rings is 1. The van der Waals surface area contributed by atoms with Crippen LogP contribution in [0.1, 0.15) is 18.6 Å². The van der Waals surface area contributed by atoms with Gasteiger partial charge in [-0.3, -0.25) is 4.90 Å². The lowest BCUT2D eigenvalue weighted by atomic mass is 10.1. The maximum Gasteiger partial charge on any atom is 0.208 e. The van der Waals surface area contributed by atoms with E-state index in [4.69, 9.17) is 4.42 Å². The molecule has 0 aliphatic carbocycles. The first-order chi connectivity index (χ1) is 9.42. The van der Waals surface area contributed by atoms with Gasteiger partial charge in [-0.1, -0.05) is 11.3 Å². The summed E-state index contributed by atoms with van der Waals surface area (Å²) in [6.07, 6.45) is 4.18. The SMILES string of the molecule is c1coc(CN2CC[C@H]3[C@H]2CCN3c2nncs2)c1. The predicted octanol–water partition coefficient (Wildman–Crippen LogP) is 1.98. The summed E-state index contributed by atoms with van der Waals surface area (Å²) in [7, 11) is 0. The van der Waals surface area contributed by atoms with E-state index >= 15 is 0 Å². The van der Waals surface area contributed by atoms with Crippen LogP contribution in [-0.4, -0.2) is 40.3 Å². The lowest BCUT2D eigenvalue weighted by Crippen LogP contribution is -2.36. The number of likely N-dealkylation sites (tertiary alicyclic amines) is 1. The Bertz CT molecular complexity index is 527. The molecule has 5 nitrogen and oxygen atoms in total. The summed E-state index contributed by atoms with van der Waals surface area (Å²) in [6, 6.07) is 5.26. The summed E-state index contributed by atoms with van der Waals surface area (Å²) >= 11 is 1.64. The van der Waals surface area contributed by atoms with E-state index in [1.165, 1.54) is 12.8 Å². The average molecular weight is 276 g/mol. The molecule has 0 bridgehead atoms. The third kappa shape index (κ3) is 1.95. The van der Waals surface area contributed by atoms with Crippen molar-refractivity contribution in [1.82, 2.24) is 15.1 Å². The first-order valence-electron chi connectivity index (χ1n) is 6.71. The number of hydrogen-bond acceptors (Lipinski definition) is 6. The lowest BCUT2D eigenvalue weighted by Gasteiger charge is -2.24. The normalized spacial score (nSPS) is 27.1. The van der Waals surface area contributed by atoms with Crippen LogP contribution in [0.4, 0.5) is 5.13 Å². The van der Waals surface area contributed by atoms with Gasteiger partial charge in [0.1, 0.15) is 11.3 Å². The van der Waals surface area contributed by atoms with Gasteiger partial charge in [0.05, 0.1) is 12.8 Å². The summed E-state index contributed by atoms with van der Waals surface area (Å²) < 4.78 is 5.47. The molecule has 0 spiro atoms. The highest BCUT2D eigenvalue weighted by atomic mass is 32.1. The quantitative estimate of drug-likeness (QED) is 0.858. The van der Waals surface area contributed by atoms with Crippen LogP contribution >= 0.6 is 11.3 Å². The van der Waals surface area contributed by atoms with Crippen molar-refractivity contribution >= 4 is 16.5 Å². The Morgan fingerprint density at radius 1 is 1.32 bits per heavy atom. The Morgan fingerprint density at radius 3 is 3.05 bits per heavy atom. The molecule has 0 unspecified atom stereocenters. The second-order valence-electron chi connectivity index (χ2n) is 5.18.